The lowest BCUT2D eigenvalue weighted by atomic mass is 10.0. The minimum atomic E-state index is -0.209. The number of hydrazine groups is 1. The van der Waals surface area contributed by atoms with Crippen molar-refractivity contribution in [1.29, 1.82) is 0 Å². The maximum absolute atomic E-state index is 12.8. The van der Waals surface area contributed by atoms with Crippen LogP contribution < -0.4 is 15.2 Å². The second-order valence-corrected chi connectivity index (χ2v) is 8.04. The van der Waals surface area contributed by atoms with E-state index in [0.717, 1.165) is 30.7 Å². The Labute approximate surface area is 187 Å². The molecule has 1 N–H and O–H groups in total. The Kier molecular flexibility index (Phi) is 7.58. The summed E-state index contributed by atoms with van der Waals surface area (Å²) in [6.45, 7) is 2.90. The van der Waals surface area contributed by atoms with E-state index in [1.54, 1.807) is 29.3 Å². The number of hydrogen-bond acceptors (Lipinski definition) is 5. The standard InChI is InChI=1S/C22H26Cl2N4O2/c1-4-5-12-27(2)26-22(29)19-14-21(15-6-9-17(30-3)10-7-15)28(25-19)20-11-8-16(23)13-18(20)24/h6-11,13,21H,4-5,12,14H2,1-3H3,(H,26,29). The number of hydrazone groups is 1. The molecule has 0 fully saturated rings. The van der Waals surface area contributed by atoms with Crippen LogP contribution in [0.4, 0.5) is 5.69 Å². The molecule has 30 heavy (non-hydrogen) atoms. The highest BCUT2D eigenvalue weighted by Crippen LogP contribution is 2.40. The Bertz CT molecular complexity index is 918. The van der Waals surface area contributed by atoms with Crippen LogP contribution in [0.15, 0.2) is 47.6 Å². The molecule has 3 rings (SSSR count). The molecule has 6 nitrogen and oxygen atoms in total. The maximum Gasteiger partial charge on any atom is 0.281 e. The molecule has 0 aromatic heterocycles. The van der Waals surface area contributed by atoms with Crippen molar-refractivity contribution >= 4 is 40.5 Å². The summed E-state index contributed by atoms with van der Waals surface area (Å²) in [5.41, 5.74) is 5.06. The van der Waals surface area contributed by atoms with Crippen LogP contribution in [0.2, 0.25) is 10.0 Å². The molecule has 0 saturated heterocycles. The lowest BCUT2D eigenvalue weighted by Gasteiger charge is -2.25. The summed E-state index contributed by atoms with van der Waals surface area (Å²) in [6.07, 6.45) is 2.52. The Balaban J connectivity index is 1.89. The number of benzene rings is 2. The molecular weight excluding hydrogens is 423 g/mol. The van der Waals surface area contributed by atoms with Crippen molar-refractivity contribution in [2.75, 3.05) is 25.7 Å². The van der Waals surface area contributed by atoms with Crippen molar-refractivity contribution in [3.8, 4) is 5.75 Å². The normalized spacial score (nSPS) is 16.0. The van der Waals surface area contributed by atoms with Gasteiger partial charge in [-0.2, -0.15) is 5.10 Å². The highest BCUT2D eigenvalue weighted by molar-refractivity contribution is 6.40. The van der Waals surface area contributed by atoms with Crippen LogP contribution >= 0.6 is 23.2 Å². The van der Waals surface area contributed by atoms with Gasteiger partial charge in [0.25, 0.3) is 5.91 Å². The minimum absolute atomic E-state index is 0.170. The fourth-order valence-corrected chi connectivity index (χ4v) is 3.81. The second-order valence-electron chi connectivity index (χ2n) is 7.20. The number of halogens is 2. The first-order chi connectivity index (χ1) is 14.4. The number of methoxy groups -OCH3 is 1. The molecule has 0 saturated carbocycles. The second kappa shape index (κ2) is 10.2. The van der Waals surface area contributed by atoms with Crippen molar-refractivity contribution in [2.24, 2.45) is 5.10 Å². The van der Waals surface area contributed by atoms with Gasteiger partial charge in [-0.15, -0.1) is 0 Å². The third-order valence-corrected chi connectivity index (χ3v) is 5.51. The van der Waals surface area contributed by atoms with E-state index in [1.165, 1.54) is 0 Å². The number of hydrogen-bond donors (Lipinski definition) is 1. The van der Waals surface area contributed by atoms with Crippen LogP contribution in [0.5, 0.6) is 5.75 Å². The molecule has 2 aromatic carbocycles. The van der Waals surface area contributed by atoms with E-state index in [4.69, 9.17) is 27.9 Å². The zero-order valence-corrected chi connectivity index (χ0v) is 18.9. The summed E-state index contributed by atoms with van der Waals surface area (Å²) >= 11 is 12.5. The van der Waals surface area contributed by atoms with E-state index < -0.39 is 0 Å². The first-order valence-electron chi connectivity index (χ1n) is 9.90. The number of rotatable bonds is 8. The van der Waals surface area contributed by atoms with Gasteiger partial charge in [-0.1, -0.05) is 48.7 Å². The first-order valence-corrected chi connectivity index (χ1v) is 10.7. The zero-order chi connectivity index (χ0) is 21.7. The van der Waals surface area contributed by atoms with Gasteiger partial charge in [-0.05, 0) is 42.3 Å². The number of carbonyl (C=O) groups is 1. The molecular formula is C22H26Cl2N4O2. The number of anilines is 1. The van der Waals surface area contributed by atoms with Gasteiger partial charge in [0, 0.05) is 25.0 Å². The average Bonchev–Trinajstić information content (AvgIpc) is 3.17. The van der Waals surface area contributed by atoms with Gasteiger partial charge in [0.2, 0.25) is 0 Å². The highest BCUT2D eigenvalue weighted by Gasteiger charge is 2.33. The Hall–Kier alpha value is -2.28. The van der Waals surface area contributed by atoms with E-state index >= 15 is 0 Å². The SMILES string of the molecule is CCCCN(C)NC(=O)C1=NN(c2ccc(Cl)cc2Cl)C(c2ccc(OC)cc2)C1. The van der Waals surface area contributed by atoms with Crippen LogP contribution in [0.25, 0.3) is 0 Å². The van der Waals surface area contributed by atoms with Gasteiger partial charge in [-0.3, -0.25) is 15.2 Å². The van der Waals surface area contributed by atoms with E-state index in [-0.39, 0.29) is 11.9 Å². The van der Waals surface area contributed by atoms with Gasteiger partial charge >= 0.3 is 0 Å². The van der Waals surface area contributed by atoms with Crippen LogP contribution in [0.3, 0.4) is 0 Å². The Morgan fingerprint density at radius 3 is 2.63 bits per heavy atom. The van der Waals surface area contributed by atoms with Crippen molar-refractivity contribution < 1.29 is 9.53 Å². The molecule has 160 valence electrons. The molecule has 0 aliphatic carbocycles. The third kappa shape index (κ3) is 5.25. The quantitative estimate of drug-likeness (QED) is 0.572. The molecule has 0 bridgehead atoms. The molecule has 0 spiro atoms. The van der Waals surface area contributed by atoms with Gasteiger partial charge in [-0.25, -0.2) is 5.01 Å². The van der Waals surface area contributed by atoms with Crippen LogP contribution in [0, 0.1) is 0 Å². The molecule has 8 heteroatoms. The molecule has 0 radical (unpaired) electrons. The van der Waals surface area contributed by atoms with Gasteiger partial charge in [0.15, 0.2) is 0 Å². The van der Waals surface area contributed by atoms with Crippen LogP contribution in [0.1, 0.15) is 37.8 Å². The number of nitrogens with zero attached hydrogens (tertiary/aromatic N) is 3. The summed E-state index contributed by atoms with van der Waals surface area (Å²) < 4.78 is 5.26. The molecule has 2 aromatic rings. The number of ether oxygens (including phenoxy) is 1. The van der Waals surface area contributed by atoms with Gasteiger partial charge < -0.3 is 4.74 Å². The lowest BCUT2D eigenvalue weighted by molar-refractivity contribution is -0.118. The molecule has 1 heterocycles. The van der Waals surface area contributed by atoms with Crippen molar-refractivity contribution in [2.45, 2.75) is 32.2 Å². The lowest BCUT2D eigenvalue weighted by Crippen LogP contribution is -2.43. The van der Waals surface area contributed by atoms with E-state index in [2.05, 4.69) is 17.5 Å². The summed E-state index contributed by atoms with van der Waals surface area (Å²) in [5.74, 6) is 0.559. The summed E-state index contributed by atoms with van der Waals surface area (Å²) in [6, 6.07) is 12.8. The van der Waals surface area contributed by atoms with Crippen LogP contribution in [-0.2, 0) is 4.79 Å². The third-order valence-electron chi connectivity index (χ3n) is 4.97. The van der Waals surface area contributed by atoms with Crippen molar-refractivity contribution in [1.82, 2.24) is 10.4 Å². The van der Waals surface area contributed by atoms with Crippen molar-refractivity contribution in [3.05, 3.63) is 58.1 Å². The Morgan fingerprint density at radius 1 is 1.27 bits per heavy atom. The molecule has 1 unspecified atom stereocenters. The van der Waals surface area contributed by atoms with E-state index in [0.29, 0.717) is 27.9 Å². The van der Waals surface area contributed by atoms with Crippen LogP contribution in [-0.4, -0.2) is 37.3 Å². The minimum Gasteiger partial charge on any atom is -0.497 e. The molecule has 1 atom stereocenters. The van der Waals surface area contributed by atoms with Crippen molar-refractivity contribution in [3.63, 3.8) is 0 Å². The summed E-state index contributed by atoms with van der Waals surface area (Å²) in [7, 11) is 3.49. The number of carbonyl (C=O) groups excluding carboxylic acids is 1. The highest BCUT2D eigenvalue weighted by atomic mass is 35.5. The van der Waals surface area contributed by atoms with E-state index in [9.17, 15) is 4.79 Å². The smallest absolute Gasteiger partial charge is 0.281 e. The number of unbranched alkanes of at least 4 members (excludes halogenated alkanes) is 1. The zero-order valence-electron chi connectivity index (χ0n) is 17.4. The molecule has 1 aliphatic heterocycles. The predicted molar refractivity (Wildman–Crippen MR) is 122 cm³/mol. The largest absolute Gasteiger partial charge is 0.497 e. The topological polar surface area (TPSA) is 57.2 Å². The first kappa shape index (κ1) is 22.4. The number of amides is 1. The Morgan fingerprint density at radius 2 is 2.00 bits per heavy atom. The summed E-state index contributed by atoms with van der Waals surface area (Å²) in [5, 5.41) is 9.25. The molecule has 1 aliphatic rings. The molecule has 1 amide bonds. The number of nitrogens with one attached hydrogen (secondary N) is 1. The predicted octanol–water partition coefficient (Wildman–Crippen LogP) is 5.07. The fraction of sp³-hybridized carbons (Fsp3) is 0.364. The monoisotopic (exact) mass is 448 g/mol. The maximum atomic E-state index is 12.8. The summed E-state index contributed by atoms with van der Waals surface area (Å²) in [4.78, 5) is 12.8. The van der Waals surface area contributed by atoms with E-state index in [1.807, 2.05) is 37.4 Å². The van der Waals surface area contributed by atoms with Gasteiger partial charge in [0.05, 0.1) is 23.9 Å². The van der Waals surface area contributed by atoms with Gasteiger partial charge in [0.1, 0.15) is 11.5 Å². The fourth-order valence-electron chi connectivity index (χ4n) is 3.31. The average molecular weight is 449 g/mol.